The SMILES string of the molecule is NC(CCc1ccccn1)c1cccc2c1OCCC2. The molecule has 2 heterocycles. The van der Waals surface area contributed by atoms with Crippen molar-refractivity contribution in [2.75, 3.05) is 6.61 Å². The van der Waals surface area contributed by atoms with Gasteiger partial charge in [-0.05, 0) is 43.4 Å². The standard InChI is InChI=1S/C17H20N2O/c18-16(10-9-14-7-1-2-11-19-14)15-8-3-5-13-6-4-12-20-17(13)15/h1-3,5,7-8,11,16H,4,6,9-10,12,18H2. The highest BCUT2D eigenvalue weighted by molar-refractivity contribution is 5.44. The van der Waals surface area contributed by atoms with Crippen molar-refractivity contribution in [2.45, 2.75) is 31.7 Å². The fourth-order valence-corrected chi connectivity index (χ4v) is 2.71. The van der Waals surface area contributed by atoms with E-state index >= 15 is 0 Å². The van der Waals surface area contributed by atoms with Crippen LogP contribution in [0, 0.1) is 0 Å². The van der Waals surface area contributed by atoms with Crippen LogP contribution in [0.1, 0.15) is 35.7 Å². The number of benzene rings is 1. The van der Waals surface area contributed by atoms with Crippen molar-refractivity contribution in [1.29, 1.82) is 0 Å². The number of hydrogen-bond acceptors (Lipinski definition) is 3. The predicted molar refractivity (Wildman–Crippen MR) is 79.7 cm³/mol. The molecule has 104 valence electrons. The van der Waals surface area contributed by atoms with E-state index in [-0.39, 0.29) is 6.04 Å². The van der Waals surface area contributed by atoms with Crippen LogP contribution in [0.2, 0.25) is 0 Å². The van der Waals surface area contributed by atoms with E-state index in [1.54, 1.807) is 0 Å². The largest absolute Gasteiger partial charge is 0.493 e. The van der Waals surface area contributed by atoms with Crippen LogP contribution < -0.4 is 10.5 Å². The van der Waals surface area contributed by atoms with E-state index in [2.05, 4.69) is 23.2 Å². The summed E-state index contributed by atoms with van der Waals surface area (Å²) in [6.07, 6.45) is 5.80. The lowest BCUT2D eigenvalue weighted by atomic mass is 9.95. The van der Waals surface area contributed by atoms with Crippen LogP contribution in [0.3, 0.4) is 0 Å². The van der Waals surface area contributed by atoms with E-state index in [1.807, 2.05) is 24.4 Å². The Kier molecular flexibility index (Phi) is 3.97. The van der Waals surface area contributed by atoms with Crippen molar-refractivity contribution in [1.82, 2.24) is 4.98 Å². The Morgan fingerprint density at radius 2 is 2.15 bits per heavy atom. The molecule has 2 aromatic rings. The highest BCUT2D eigenvalue weighted by atomic mass is 16.5. The van der Waals surface area contributed by atoms with Gasteiger partial charge in [0.15, 0.2) is 0 Å². The molecule has 2 N–H and O–H groups in total. The van der Waals surface area contributed by atoms with Crippen LogP contribution in [0.4, 0.5) is 0 Å². The summed E-state index contributed by atoms with van der Waals surface area (Å²) >= 11 is 0. The highest BCUT2D eigenvalue weighted by Gasteiger charge is 2.18. The Labute approximate surface area is 119 Å². The third kappa shape index (κ3) is 2.83. The number of pyridine rings is 1. The van der Waals surface area contributed by atoms with Gasteiger partial charge in [0.1, 0.15) is 5.75 Å². The zero-order chi connectivity index (χ0) is 13.8. The van der Waals surface area contributed by atoms with Crippen LogP contribution >= 0.6 is 0 Å². The van der Waals surface area contributed by atoms with Crippen molar-refractivity contribution in [2.24, 2.45) is 5.73 Å². The number of hydrogen-bond donors (Lipinski definition) is 1. The molecule has 1 aliphatic rings. The summed E-state index contributed by atoms with van der Waals surface area (Å²) in [5.41, 5.74) is 9.88. The minimum absolute atomic E-state index is 0.00468. The van der Waals surface area contributed by atoms with Crippen LogP contribution in [0.25, 0.3) is 0 Å². The lowest BCUT2D eigenvalue weighted by Crippen LogP contribution is -2.17. The van der Waals surface area contributed by atoms with E-state index in [0.717, 1.165) is 49.3 Å². The van der Waals surface area contributed by atoms with E-state index in [4.69, 9.17) is 10.5 Å². The summed E-state index contributed by atoms with van der Waals surface area (Å²) in [5, 5.41) is 0. The topological polar surface area (TPSA) is 48.1 Å². The van der Waals surface area contributed by atoms with Gasteiger partial charge in [0.2, 0.25) is 0 Å². The number of nitrogens with two attached hydrogens (primary N) is 1. The van der Waals surface area contributed by atoms with Crippen LogP contribution in [-0.2, 0) is 12.8 Å². The van der Waals surface area contributed by atoms with Gasteiger partial charge in [-0.15, -0.1) is 0 Å². The molecule has 0 amide bonds. The minimum atomic E-state index is 0.00468. The molecule has 0 saturated heterocycles. The molecule has 0 radical (unpaired) electrons. The van der Waals surface area contributed by atoms with Crippen molar-refractivity contribution in [3.63, 3.8) is 0 Å². The van der Waals surface area contributed by atoms with Crippen LogP contribution in [0.5, 0.6) is 5.75 Å². The molecular formula is C17H20N2O. The van der Waals surface area contributed by atoms with Gasteiger partial charge < -0.3 is 10.5 Å². The molecule has 0 fully saturated rings. The average Bonchev–Trinajstić information content (AvgIpc) is 2.53. The van der Waals surface area contributed by atoms with Gasteiger partial charge >= 0.3 is 0 Å². The second kappa shape index (κ2) is 6.06. The van der Waals surface area contributed by atoms with Gasteiger partial charge in [-0.25, -0.2) is 0 Å². The summed E-state index contributed by atoms with van der Waals surface area (Å²) in [4.78, 5) is 4.35. The van der Waals surface area contributed by atoms with E-state index in [1.165, 1.54) is 5.56 Å². The van der Waals surface area contributed by atoms with E-state index in [0.29, 0.717) is 0 Å². The molecule has 1 unspecified atom stereocenters. The molecule has 1 aromatic carbocycles. The predicted octanol–water partition coefficient (Wildman–Crippen LogP) is 3.04. The first-order chi connectivity index (χ1) is 9.84. The Bertz CT molecular complexity index is 568. The number of aromatic nitrogens is 1. The lowest BCUT2D eigenvalue weighted by molar-refractivity contribution is 0.283. The van der Waals surface area contributed by atoms with Crippen LogP contribution in [-0.4, -0.2) is 11.6 Å². The first-order valence-corrected chi connectivity index (χ1v) is 7.24. The molecule has 1 aliphatic heterocycles. The molecule has 0 saturated carbocycles. The van der Waals surface area contributed by atoms with E-state index < -0.39 is 0 Å². The molecule has 20 heavy (non-hydrogen) atoms. The first-order valence-electron chi connectivity index (χ1n) is 7.24. The van der Waals surface area contributed by atoms with Gasteiger partial charge in [-0.2, -0.15) is 0 Å². The maximum atomic E-state index is 6.36. The molecule has 1 atom stereocenters. The number of ether oxygens (including phenoxy) is 1. The van der Waals surface area contributed by atoms with Crippen molar-refractivity contribution in [3.8, 4) is 5.75 Å². The van der Waals surface area contributed by atoms with Gasteiger partial charge in [-0.3, -0.25) is 4.98 Å². The fourth-order valence-electron chi connectivity index (χ4n) is 2.71. The van der Waals surface area contributed by atoms with Gasteiger partial charge in [-0.1, -0.05) is 24.3 Å². The summed E-state index contributed by atoms with van der Waals surface area (Å²) in [6, 6.07) is 12.3. The molecule has 3 nitrogen and oxygen atoms in total. The maximum absolute atomic E-state index is 6.36. The molecule has 3 heteroatoms. The van der Waals surface area contributed by atoms with Crippen LogP contribution in [0.15, 0.2) is 42.6 Å². The first kappa shape index (κ1) is 13.1. The van der Waals surface area contributed by atoms with Gasteiger partial charge in [0, 0.05) is 23.5 Å². The highest BCUT2D eigenvalue weighted by Crippen LogP contribution is 2.33. The van der Waals surface area contributed by atoms with Crippen molar-refractivity contribution in [3.05, 3.63) is 59.4 Å². The van der Waals surface area contributed by atoms with E-state index in [9.17, 15) is 0 Å². The number of rotatable bonds is 4. The molecule has 3 rings (SSSR count). The third-order valence-corrected chi connectivity index (χ3v) is 3.80. The Balaban J connectivity index is 1.72. The Hall–Kier alpha value is -1.87. The molecule has 1 aromatic heterocycles. The summed E-state index contributed by atoms with van der Waals surface area (Å²) < 4.78 is 5.83. The van der Waals surface area contributed by atoms with Crippen molar-refractivity contribution >= 4 is 0 Å². The number of fused-ring (bicyclic) bond motifs is 1. The molecule has 0 aliphatic carbocycles. The quantitative estimate of drug-likeness (QED) is 0.927. The fraction of sp³-hybridized carbons (Fsp3) is 0.353. The third-order valence-electron chi connectivity index (χ3n) is 3.80. The normalized spacial score (nSPS) is 15.2. The summed E-state index contributed by atoms with van der Waals surface area (Å²) in [7, 11) is 0. The number of aryl methyl sites for hydroxylation is 2. The molecule has 0 bridgehead atoms. The summed E-state index contributed by atoms with van der Waals surface area (Å²) in [5.74, 6) is 1.02. The average molecular weight is 268 g/mol. The zero-order valence-corrected chi connectivity index (χ0v) is 11.6. The Morgan fingerprint density at radius 1 is 1.20 bits per heavy atom. The lowest BCUT2D eigenvalue weighted by Gasteiger charge is -2.23. The van der Waals surface area contributed by atoms with Gasteiger partial charge in [0.25, 0.3) is 0 Å². The molecular weight excluding hydrogens is 248 g/mol. The summed E-state index contributed by atoms with van der Waals surface area (Å²) in [6.45, 7) is 0.803. The molecule has 0 spiro atoms. The Morgan fingerprint density at radius 3 is 3.00 bits per heavy atom. The maximum Gasteiger partial charge on any atom is 0.127 e. The number of para-hydroxylation sites is 1. The second-order valence-electron chi connectivity index (χ2n) is 5.25. The van der Waals surface area contributed by atoms with Gasteiger partial charge in [0.05, 0.1) is 6.61 Å². The van der Waals surface area contributed by atoms with Crippen molar-refractivity contribution < 1.29 is 4.74 Å². The minimum Gasteiger partial charge on any atom is -0.493 e. The number of nitrogens with zero attached hydrogens (tertiary/aromatic N) is 1. The smallest absolute Gasteiger partial charge is 0.127 e. The zero-order valence-electron chi connectivity index (χ0n) is 11.6. The second-order valence-corrected chi connectivity index (χ2v) is 5.25. The monoisotopic (exact) mass is 268 g/mol.